The first-order valence-electron chi connectivity index (χ1n) is 5.98. The molecule has 2 rings (SSSR count). The van der Waals surface area contributed by atoms with Gasteiger partial charge in [0.1, 0.15) is 11.6 Å². The van der Waals surface area contributed by atoms with Gasteiger partial charge in [-0.3, -0.25) is 4.79 Å². The fourth-order valence-electron chi connectivity index (χ4n) is 1.58. The van der Waals surface area contributed by atoms with Crippen molar-refractivity contribution in [2.75, 3.05) is 0 Å². The van der Waals surface area contributed by atoms with Gasteiger partial charge in [0.05, 0.1) is 5.56 Å². The minimum absolute atomic E-state index is 0.182. The normalized spacial score (nSPS) is 10.6. The van der Waals surface area contributed by atoms with Gasteiger partial charge >= 0.3 is 5.97 Å². The van der Waals surface area contributed by atoms with Crippen LogP contribution in [0.4, 0.5) is 4.39 Å². The van der Waals surface area contributed by atoms with Crippen LogP contribution in [0.3, 0.4) is 0 Å². The van der Waals surface area contributed by atoms with E-state index in [1.807, 2.05) is 0 Å². The topological polar surface area (TPSA) is 43.4 Å². The monoisotopic (exact) mass is 348 g/mol. The Balaban J connectivity index is 2.08. The number of halogens is 2. The quantitative estimate of drug-likeness (QED) is 0.362. The summed E-state index contributed by atoms with van der Waals surface area (Å²) in [7, 11) is 0. The van der Waals surface area contributed by atoms with Crippen molar-refractivity contribution in [3.8, 4) is 5.75 Å². The van der Waals surface area contributed by atoms with Crippen LogP contribution >= 0.6 is 15.9 Å². The number of esters is 1. The molecule has 0 unspecified atom stereocenters. The van der Waals surface area contributed by atoms with Crippen molar-refractivity contribution in [2.24, 2.45) is 0 Å². The average molecular weight is 349 g/mol. The first kappa shape index (κ1) is 15.1. The molecule has 0 saturated heterocycles. The predicted octanol–water partition coefficient (Wildman–Crippen LogP) is 4.02. The standard InChI is InChI=1S/C16H10BrFO3/c17-13-4-7-15(12(9-13)10-19)21-16(20)8-3-11-1-5-14(18)6-2-11/h1-10H/b8-3+. The molecule has 0 N–H and O–H groups in total. The zero-order chi connectivity index (χ0) is 15.2. The van der Waals surface area contributed by atoms with E-state index >= 15 is 0 Å². The number of rotatable bonds is 4. The Morgan fingerprint density at radius 2 is 1.86 bits per heavy atom. The first-order valence-corrected chi connectivity index (χ1v) is 6.78. The molecule has 106 valence electrons. The van der Waals surface area contributed by atoms with E-state index in [4.69, 9.17) is 4.74 Å². The van der Waals surface area contributed by atoms with E-state index in [0.717, 1.165) is 0 Å². The van der Waals surface area contributed by atoms with Crippen molar-refractivity contribution in [2.45, 2.75) is 0 Å². The number of carbonyl (C=O) groups excluding carboxylic acids is 2. The van der Waals surface area contributed by atoms with Gasteiger partial charge in [-0.25, -0.2) is 9.18 Å². The average Bonchev–Trinajstić information content (AvgIpc) is 2.48. The highest BCUT2D eigenvalue weighted by Gasteiger charge is 2.07. The molecular formula is C16H10BrFO3. The van der Waals surface area contributed by atoms with Crippen LogP contribution in [0.1, 0.15) is 15.9 Å². The van der Waals surface area contributed by atoms with E-state index in [9.17, 15) is 14.0 Å². The number of ether oxygens (including phenoxy) is 1. The van der Waals surface area contributed by atoms with Gasteiger partial charge < -0.3 is 4.74 Å². The Morgan fingerprint density at radius 1 is 1.14 bits per heavy atom. The molecule has 0 spiro atoms. The van der Waals surface area contributed by atoms with Crippen molar-refractivity contribution in [1.82, 2.24) is 0 Å². The molecule has 0 aromatic heterocycles. The lowest BCUT2D eigenvalue weighted by Crippen LogP contribution is -2.05. The summed E-state index contributed by atoms with van der Waals surface area (Å²) in [6, 6.07) is 10.4. The number of hydrogen-bond donors (Lipinski definition) is 0. The number of hydrogen-bond acceptors (Lipinski definition) is 3. The van der Waals surface area contributed by atoms with Gasteiger partial charge in [0, 0.05) is 10.5 Å². The van der Waals surface area contributed by atoms with Crippen LogP contribution in [0.2, 0.25) is 0 Å². The predicted molar refractivity (Wildman–Crippen MR) is 80.6 cm³/mol. The van der Waals surface area contributed by atoms with Gasteiger partial charge in [0.15, 0.2) is 6.29 Å². The molecule has 0 bridgehead atoms. The maximum atomic E-state index is 12.7. The SMILES string of the molecule is O=Cc1cc(Br)ccc1OC(=O)/C=C/c1ccc(F)cc1. The molecule has 0 saturated carbocycles. The molecule has 5 heteroatoms. The molecule has 0 aliphatic rings. The maximum absolute atomic E-state index is 12.7. The van der Waals surface area contributed by atoms with Crippen LogP contribution in [0.15, 0.2) is 53.0 Å². The summed E-state index contributed by atoms with van der Waals surface area (Å²) in [6.45, 7) is 0. The lowest BCUT2D eigenvalue weighted by atomic mass is 10.2. The molecule has 21 heavy (non-hydrogen) atoms. The molecule has 0 amide bonds. The molecule has 0 fully saturated rings. The van der Waals surface area contributed by atoms with E-state index in [-0.39, 0.29) is 17.1 Å². The molecule has 0 heterocycles. The highest BCUT2D eigenvalue weighted by molar-refractivity contribution is 9.10. The Hall–Kier alpha value is -2.27. The highest BCUT2D eigenvalue weighted by atomic mass is 79.9. The zero-order valence-corrected chi connectivity index (χ0v) is 12.3. The van der Waals surface area contributed by atoms with Crippen LogP contribution in [-0.4, -0.2) is 12.3 Å². The van der Waals surface area contributed by atoms with Crippen LogP contribution in [0, 0.1) is 5.82 Å². The van der Waals surface area contributed by atoms with Gasteiger partial charge in [-0.05, 0) is 42.0 Å². The smallest absolute Gasteiger partial charge is 0.336 e. The summed E-state index contributed by atoms with van der Waals surface area (Å²) in [5, 5.41) is 0. The summed E-state index contributed by atoms with van der Waals surface area (Å²) in [6.07, 6.45) is 3.32. The van der Waals surface area contributed by atoms with Gasteiger partial charge in [-0.15, -0.1) is 0 Å². The highest BCUT2D eigenvalue weighted by Crippen LogP contribution is 2.22. The fourth-order valence-corrected chi connectivity index (χ4v) is 1.96. The summed E-state index contributed by atoms with van der Waals surface area (Å²) in [4.78, 5) is 22.6. The van der Waals surface area contributed by atoms with E-state index < -0.39 is 5.97 Å². The van der Waals surface area contributed by atoms with Gasteiger partial charge in [0.2, 0.25) is 0 Å². The molecular weight excluding hydrogens is 339 g/mol. The molecule has 0 radical (unpaired) electrons. The third-order valence-corrected chi connectivity index (χ3v) is 3.08. The maximum Gasteiger partial charge on any atom is 0.336 e. The number of aldehydes is 1. The number of benzene rings is 2. The van der Waals surface area contributed by atoms with Crippen LogP contribution in [0.5, 0.6) is 5.75 Å². The minimum Gasteiger partial charge on any atom is -0.423 e. The Labute approximate surface area is 129 Å². The lowest BCUT2D eigenvalue weighted by molar-refractivity contribution is -0.128. The van der Waals surface area contributed by atoms with E-state index in [1.54, 1.807) is 12.1 Å². The fraction of sp³-hybridized carbons (Fsp3) is 0. The zero-order valence-electron chi connectivity index (χ0n) is 10.8. The van der Waals surface area contributed by atoms with Crippen molar-refractivity contribution in [3.63, 3.8) is 0 Å². The molecule has 0 aliphatic heterocycles. The molecule has 2 aromatic carbocycles. The van der Waals surface area contributed by atoms with Crippen molar-refractivity contribution >= 4 is 34.3 Å². The molecule has 2 aromatic rings. The summed E-state index contributed by atoms with van der Waals surface area (Å²) < 4.78 is 18.5. The van der Waals surface area contributed by atoms with E-state index in [0.29, 0.717) is 16.3 Å². The third kappa shape index (κ3) is 4.36. The van der Waals surface area contributed by atoms with Gasteiger partial charge in [0.25, 0.3) is 0 Å². The van der Waals surface area contributed by atoms with Crippen LogP contribution in [-0.2, 0) is 4.79 Å². The summed E-state index contributed by atoms with van der Waals surface area (Å²) in [5.41, 5.74) is 0.938. The van der Waals surface area contributed by atoms with E-state index in [1.165, 1.54) is 42.5 Å². The van der Waals surface area contributed by atoms with E-state index in [2.05, 4.69) is 15.9 Å². The number of carbonyl (C=O) groups is 2. The molecule has 3 nitrogen and oxygen atoms in total. The van der Waals surface area contributed by atoms with Crippen molar-refractivity contribution in [1.29, 1.82) is 0 Å². The molecule has 0 atom stereocenters. The summed E-state index contributed by atoms with van der Waals surface area (Å²) >= 11 is 3.23. The minimum atomic E-state index is -0.621. The Morgan fingerprint density at radius 3 is 2.52 bits per heavy atom. The largest absolute Gasteiger partial charge is 0.423 e. The second-order valence-electron chi connectivity index (χ2n) is 4.11. The summed E-state index contributed by atoms with van der Waals surface area (Å²) in [5.74, 6) is -0.785. The van der Waals surface area contributed by atoms with Crippen LogP contribution < -0.4 is 4.74 Å². The van der Waals surface area contributed by atoms with Crippen LogP contribution in [0.25, 0.3) is 6.08 Å². The first-order chi connectivity index (χ1) is 10.1. The van der Waals surface area contributed by atoms with Gasteiger partial charge in [-0.2, -0.15) is 0 Å². The van der Waals surface area contributed by atoms with Gasteiger partial charge in [-0.1, -0.05) is 28.1 Å². The second kappa shape index (κ2) is 6.95. The lowest BCUT2D eigenvalue weighted by Gasteiger charge is -2.04. The Bertz CT molecular complexity index is 693. The Kier molecular flexibility index (Phi) is 5.00. The molecule has 0 aliphatic carbocycles. The van der Waals surface area contributed by atoms with Crippen molar-refractivity contribution in [3.05, 3.63) is 70.0 Å². The van der Waals surface area contributed by atoms with Crippen molar-refractivity contribution < 1.29 is 18.7 Å². The third-order valence-electron chi connectivity index (χ3n) is 2.59. The second-order valence-corrected chi connectivity index (χ2v) is 5.02.